The number of ether oxygens (including phenoxy) is 2. The van der Waals surface area contributed by atoms with Gasteiger partial charge >= 0.3 is 0 Å². The van der Waals surface area contributed by atoms with E-state index in [0.717, 1.165) is 23.8 Å². The first-order valence-corrected chi connectivity index (χ1v) is 9.04. The summed E-state index contributed by atoms with van der Waals surface area (Å²) < 4.78 is 10.4. The summed E-state index contributed by atoms with van der Waals surface area (Å²) in [5, 5.41) is 2.45. The summed E-state index contributed by atoms with van der Waals surface area (Å²) in [6, 6.07) is 7.20. The van der Waals surface area contributed by atoms with Gasteiger partial charge in [0.25, 0.3) is 5.91 Å². The molecule has 1 aromatic heterocycles. The Kier molecular flexibility index (Phi) is 6.03. The van der Waals surface area contributed by atoms with E-state index >= 15 is 0 Å². The third-order valence-corrected chi connectivity index (χ3v) is 4.72. The van der Waals surface area contributed by atoms with Crippen LogP contribution in [0.5, 0.6) is 5.75 Å². The minimum absolute atomic E-state index is 0.133. The minimum Gasteiger partial charge on any atom is -0.497 e. The summed E-state index contributed by atoms with van der Waals surface area (Å²) >= 11 is 1.40. The molecule has 0 atom stereocenters. The molecule has 0 aliphatic carbocycles. The van der Waals surface area contributed by atoms with Gasteiger partial charge in [0.2, 0.25) is 5.91 Å². The number of methoxy groups -OCH3 is 1. The van der Waals surface area contributed by atoms with Crippen molar-refractivity contribution >= 4 is 28.3 Å². The Morgan fingerprint density at radius 1 is 1.31 bits per heavy atom. The molecule has 1 aliphatic rings. The highest BCUT2D eigenvalue weighted by atomic mass is 32.1. The molecule has 0 bridgehead atoms. The zero-order valence-corrected chi connectivity index (χ0v) is 15.2. The summed E-state index contributed by atoms with van der Waals surface area (Å²) in [6.07, 6.45) is 0.133. The number of amides is 2. The number of carbonyl (C=O) groups is 2. The summed E-state index contributed by atoms with van der Waals surface area (Å²) in [6.45, 7) is 2.82. The molecule has 1 fully saturated rings. The van der Waals surface area contributed by atoms with Crippen LogP contribution in [0, 0.1) is 0 Å². The number of benzene rings is 1. The quantitative estimate of drug-likeness (QED) is 0.756. The number of anilines is 1. The first-order valence-electron chi connectivity index (χ1n) is 8.16. The van der Waals surface area contributed by atoms with E-state index < -0.39 is 5.91 Å². The monoisotopic (exact) mass is 376 g/mol. The highest BCUT2D eigenvalue weighted by molar-refractivity contribution is 7.13. The first kappa shape index (κ1) is 18.2. The molecule has 2 heterocycles. The van der Waals surface area contributed by atoms with E-state index in [1.165, 1.54) is 11.3 Å². The van der Waals surface area contributed by atoms with E-state index in [1.807, 2.05) is 12.1 Å². The van der Waals surface area contributed by atoms with Crippen LogP contribution in [0.25, 0.3) is 0 Å². The molecule has 0 unspecified atom stereocenters. The van der Waals surface area contributed by atoms with Crippen molar-refractivity contribution in [2.45, 2.75) is 6.42 Å². The molecular formula is C17H20N4O4S. The van der Waals surface area contributed by atoms with Gasteiger partial charge in [-0.25, -0.2) is 4.98 Å². The molecule has 1 aromatic carbocycles. The van der Waals surface area contributed by atoms with Crippen LogP contribution >= 0.6 is 11.3 Å². The number of nitrogens with zero attached hydrogens (tertiary/aromatic N) is 2. The van der Waals surface area contributed by atoms with Gasteiger partial charge < -0.3 is 14.4 Å². The van der Waals surface area contributed by atoms with Gasteiger partial charge in [0.05, 0.1) is 26.7 Å². The van der Waals surface area contributed by atoms with E-state index in [4.69, 9.17) is 9.47 Å². The molecular weight excluding hydrogens is 356 g/mol. The molecule has 8 nitrogen and oxygen atoms in total. The second kappa shape index (κ2) is 8.63. The van der Waals surface area contributed by atoms with Crippen molar-refractivity contribution in [2.24, 2.45) is 0 Å². The molecule has 9 heteroatoms. The number of hydrogen-bond acceptors (Lipinski definition) is 7. The van der Waals surface area contributed by atoms with E-state index in [9.17, 15) is 9.59 Å². The lowest BCUT2D eigenvalue weighted by molar-refractivity contribution is -0.121. The summed E-state index contributed by atoms with van der Waals surface area (Å²) in [5.74, 6) is -0.0903. The molecule has 2 amide bonds. The SMILES string of the molecule is COc1cccc(CC(=O)NNC(=O)c2csc(N3CCOCC3)n2)c1. The number of morpholine rings is 1. The van der Waals surface area contributed by atoms with E-state index in [-0.39, 0.29) is 18.0 Å². The average Bonchev–Trinajstić information content (AvgIpc) is 3.17. The van der Waals surface area contributed by atoms with Crippen LogP contribution in [0.15, 0.2) is 29.6 Å². The van der Waals surface area contributed by atoms with Crippen molar-refractivity contribution < 1.29 is 19.1 Å². The van der Waals surface area contributed by atoms with Crippen molar-refractivity contribution in [1.82, 2.24) is 15.8 Å². The normalized spacial score (nSPS) is 14.0. The second-order valence-electron chi connectivity index (χ2n) is 5.65. The van der Waals surface area contributed by atoms with Gasteiger partial charge in [-0.1, -0.05) is 12.1 Å². The number of aromatic nitrogens is 1. The fourth-order valence-electron chi connectivity index (χ4n) is 2.47. The van der Waals surface area contributed by atoms with Crippen LogP contribution < -0.4 is 20.5 Å². The van der Waals surface area contributed by atoms with E-state index in [2.05, 4.69) is 20.7 Å². The van der Waals surface area contributed by atoms with Crippen LogP contribution in [0.2, 0.25) is 0 Å². The number of nitrogens with one attached hydrogen (secondary N) is 2. The number of hydrogen-bond donors (Lipinski definition) is 2. The maximum absolute atomic E-state index is 12.2. The highest BCUT2D eigenvalue weighted by Crippen LogP contribution is 2.21. The summed E-state index contributed by atoms with van der Waals surface area (Å²) in [4.78, 5) is 30.6. The molecule has 26 heavy (non-hydrogen) atoms. The predicted octanol–water partition coefficient (Wildman–Crippen LogP) is 0.992. The van der Waals surface area contributed by atoms with Crippen molar-refractivity contribution in [3.63, 3.8) is 0 Å². The zero-order chi connectivity index (χ0) is 18.4. The Morgan fingerprint density at radius 3 is 2.88 bits per heavy atom. The molecule has 2 aromatic rings. The van der Waals surface area contributed by atoms with Crippen molar-refractivity contribution in [3.8, 4) is 5.75 Å². The summed E-state index contributed by atoms with van der Waals surface area (Å²) in [5.41, 5.74) is 5.87. The van der Waals surface area contributed by atoms with Crippen LogP contribution in [0.4, 0.5) is 5.13 Å². The van der Waals surface area contributed by atoms with Crippen LogP contribution in [-0.2, 0) is 16.0 Å². The van der Waals surface area contributed by atoms with E-state index in [0.29, 0.717) is 19.0 Å². The molecule has 0 spiro atoms. The third kappa shape index (κ3) is 4.70. The lowest BCUT2D eigenvalue weighted by Gasteiger charge is -2.25. The molecule has 0 saturated carbocycles. The summed E-state index contributed by atoms with van der Waals surface area (Å²) in [7, 11) is 1.57. The van der Waals surface area contributed by atoms with Gasteiger partial charge in [-0.2, -0.15) is 0 Å². The maximum Gasteiger partial charge on any atom is 0.289 e. The predicted molar refractivity (Wildman–Crippen MR) is 97.5 cm³/mol. The number of hydrazine groups is 1. The lowest BCUT2D eigenvalue weighted by atomic mass is 10.1. The van der Waals surface area contributed by atoms with Gasteiger partial charge in [-0.15, -0.1) is 11.3 Å². The second-order valence-corrected chi connectivity index (χ2v) is 6.48. The van der Waals surface area contributed by atoms with Crippen molar-refractivity contribution in [3.05, 3.63) is 40.9 Å². The number of rotatable bonds is 5. The molecule has 138 valence electrons. The maximum atomic E-state index is 12.2. The Hall–Kier alpha value is -2.65. The van der Waals surface area contributed by atoms with Gasteiger partial charge in [0.1, 0.15) is 11.4 Å². The smallest absolute Gasteiger partial charge is 0.289 e. The number of carbonyl (C=O) groups excluding carboxylic acids is 2. The number of thiazole rings is 1. The fourth-order valence-corrected chi connectivity index (χ4v) is 3.33. The first-order chi connectivity index (χ1) is 12.7. The minimum atomic E-state index is -0.445. The Bertz CT molecular complexity index is 774. The molecule has 3 rings (SSSR count). The largest absolute Gasteiger partial charge is 0.497 e. The van der Waals surface area contributed by atoms with Crippen LogP contribution in [-0.4, -0.2) is 50.2 Å². The molecule has 1 aliphatic heterocycles. The van der Waals surface area contributed by atoms with Crippen LogP contribution in [0.3, 0.4) is 0 Å². The lowest BCUT2D eigenvalue weighted by Crippen LogP contribution is -2.42. The van der Waals surface area contributed by atoms with Crippen molar-refractivity contribution in [2.75, 3.05) is 38.3 Å². The Labute approximate surface area is 155 Å². The van der Waals surface area contributed by atoms with Gasteiger partial charge in [-0.3, -0.25) is 20.4 Å². The van der Waals surface area contributed by atoms with Crippen LogP contribution in [0.1, 0.15) is 16.1 Å². The van der Waals surface area contributed by atoms with E-state index in [1.54, 1.807) is 24.6 Å². The van der Waals surface area contributed by atoms with Gasteiger partial charge in [-0.05, 0) is 17.7 Å². The third-order valence-electron chi connectivity index (χ3n) is 3.82. The fraction of sp³-hybridized carbons (Fsp3) is 0.353. The van der Waals surface area contributed by atoms with Gasteiger partial charge in [0.15, 0.2) is 5.13 Å². The topological polar surface area (TPSA) is 92.8 Å². The molecule has 0 radical (unpaired) electrons. The highest BCUT2D eigenvalue weighted by Gasteiger charge is 2.17. The van der Waals surface area contributed by atoms with Gasteiger partial charge in [0, 0.05) is 18.5 Å². The Balaban J connectivity index is 1.50. The standard InChI is InChI=1S/C17H20N4O4S/c1-24-13-4-2-3-12(9-13)10-15(22)19-20-16(23)14-11-26-17(18-14)21-5-7-25-8-6-21/h2-4,9,11H,5-8,10H2,1H3,(H,19,22)(H,20,23). The van der Waals surface area contributed by atoms with Crippen molar-refractivity contribution in [1.29, 1.82) is 0 Å². The molecule has 1 saturated heterocycles. The average molecular weight is 376 g/mol. The molecule has 2 N–H and O–H groups in total. The zero-order valence-electron chi connectivity index (χ0n) is 14.4. The Morgan fingerprint density at radius 2 is 2.12 bits per heavy atom.